The molecule has 0 bridgehead atoms. The van der Waals surface area contributed by atoms with Gasteiger partial charge in [-0.1, -0.05) is 142 Å². The van der Waals surface area contributed by atoms with E-state index in [4.69, 9.17) is 9.97 Å². The third kappa shape index (κ3) is 4.06. The maximum Gasteiger partial charge on any atom is 0.235 e. The molecule has 5 aromatic carbocycles. The van der Waals surface area contributed by atoms with Crippen LogP contribution in [0.15, 0.2) is 128 Å². The number of thiophene rings is 1. The molecular weight excluding hydrogens is 603 g/mol. The molecule has 1 aliphatic rings. The monoisotopic (exact) mass is 635 g/mol. The Bertz CT molecular complexity index is 2600. The molecule has 4 heteroatoms. The summed E-state index contributed by atoms with van der Waals surface area (Å²) in [6.45, 7) is 11.0. The van der Waals surface area contributed by atoms with Crippen LogP contribution in [0.25, 0.3) is 83.6 Å². The zero-order chi connectivity index (χ0) is 32.6. The number of aromatic nitrogens is 3. The molecule has 0 aliphatic heterocycles. The van der Waals surface area contributed by atoms with E-state index in [2.05, 4.69) is 159 Å². The topological polar surface area (TPSA) is 30.7 Å². The maximum absolute atomic E-state index is 5.48. The van der Waals surface area contributed by atoms with Crippen LogP contribution in [0.1, 0.15) is 42.3 Å². The number of hydrogen-bond donors (Lipinski definition) is 0. The Kier molecular flexibility index (Phi) is 6.40. The first-order valence-corrected chi connectivity index (χ1v) is 17.2. The average Bonchev–Trinajstić information content (AvgIpc) is 3.75. The van der Waals surface area contributed by atoms with Gasteiger partial charge in [0.05, 0.1) is 27.1 Å². The van der Waals surface area contributed by atoms with Gasteiger partial charge in [-0.2, -0.15) is 0 Å². The van der Waals surface area contributed by atoms with Crippen molar-refractivity contribution in [1.82, 2.24) is 14.5 Å². The minimum atomic E-state index is -0.201. The van der Waals surface area contributed by atoms with Crippen molar-refractivity contribution in [3.8, 4) is 39.6 Å². The third-order valence-electron chi connectivity index (χ3n) is 9.89. The molecule has 230 valence electrons. The first-order valence-electron chi connectivity index (χ1n) is 16.4. The van der Waals surface area contributed by atoms with Crippen LogP contribution in [0.4, 0.5) is 0 Å². The van der Waals surface area contributed by atoms with Crippen molar-refractivity contribution in [2.45, 2.75) is 26.2 Å². The van der Waals surface area contributed by atoms with E-state index in [1.54, 1.807) is 11.3 Å². The number of allylic oxidation sites excluding steroid dienone is 1. The molecule has 0 atom stereocenters. The van der Waals surface area contributed by atoms with Gasteiger partial charge in [-0.05, 0) is 41.3 Å². The summed E-state index contributed by atoms with van der Waals surface area (Å²) in [5.74, 6) is 0.680. The molecule has 0 spiro atoms. The normalized spacial score (nSPS) is 13.5. The highest BCUT2D eigenvalue weighted by Crippen LogP contribution is 2.55. The molecule has 48 heavy (non-hydrogen) atoms. The molecule has 0 radical (unpaired) electrons. The van der Waals surface area contributed by atoms with Crippen molar-refractivity contribution < 1.29 is 0 Å². The Morgan fingerprint density at radius 3 is 2.17 bits per heavy atom. The van der Waals surface area contributed by atoms with Crippen LogP contribution in [0.2, 0.25) is 0 Å². The molecule has 8 aromatic rings. The Balaban J connectivity index is 1.46. The van der Waals surface area contributed by atoms with Crippen LogP contribution >= 0.6 is 11.3 Å². The lowest BCUT2D eigenvalue weighted by Gasteiger charge is -2.21. The Labute approximate surface area is 284 Å². The van der Waals surface area contributed by atoms with E-state index in [0.29, 0.717) is 5.95 Å². The zero-order valence-corrected chi connectivity index (χ0v) is 28.0. The molecule has 3 nitrogen and oxygen atoms in total. The van der Waals surface area contributed by atoms with E-state index in [1.165, 1.54) is 48.3 Å². The number of benzene rings is 5. The molecule has 9 rings (SSSR count). The molecular formula is C44H33N3S. The number of nitrogens with zero attached hydrogens (tertiary/aromatic N) is 3. The van der Waals surface area contributed by atoms with Crippen LogP contribution in [0.5, 0.6) is 0 Å². The maximum atomic E-state index is 5.48. The third-order valence-corrected chi connectivity index (χ3v) is 11.1. The number of hydrogen-bond acceptors (Lipinski definition) is 3. The summed E-state index contributed by atoms with van der Waals surface area (Å²) in [5, 5.41) is 3.49. The summed E-state index contributed by atoms with van der Waals surface area (Å²) in [5.41, 5.74) is 12.4. The Morgan fingerprint density at radius 1 is 0.729 bits per heavy atom. The Hall–Kier alpha value is -5.58. The molecule has 0 N–H and O–H groups in total. The minimum Gasteiger partial charge on any atom is -0.276 e. The van der Waals surface area contributed by atoms with Crippen LogP contribution < -0.4 is 0 Å². The van der Waals surface area contributed by atoms with Gasteiger partial charge >= 0.3 is 0 Å². The van der Waals surface area contributed by atoms with Gasteiger partial charge in [0, 0.05) is 43.1 Å². The second-order valence-corrected chi connectivity index (χ2v) is 14.0. The van der Waals surface area contributed by atoms with Crippen molar-refractivity contribution in [3.63, 3.8) is 0 Å². The van der Waals surface area contributed by atoms with Crippen LogP contribution in [0.3, 0.4) is 0 Å². The Morgan fingerprint density at radius 2 is 1.42 bits per heavy atom. The fraction of sp³-hybridized carbons (Fsp3) is 0.0909. The van der Waals surface area contributed by atoms with Gasteiger partial charge in [-0.3, -0.25) is 4.57 Å². The second-order valence-electron chi connectivity index (χ2n) is 13.0. The van der Waals surface area contributed by atoms with Crippen molar-refractivity contribution in [2.24, 2.45) is 0 Å². The van der Waals surface area contributed by atoms with Gasteiger partial charge < -0.3 is 0 Å². The molecule has 0 amide bonds. The predicted molar refractivity (Wildman–Crippen MR) is 205 cm³/mol. The molecule has 3 aromatic heterocycles. The van der Waals surface area contributed by atoms with E-state index in [-0.39, 0.29) is 5.41 Å². The first-order chi connectivity index (χ1) is 23.5. The fourth-order valence-electron chi connectivity index (χ4n) is 7.75. The smallest absolute Gasteiger partial charge is 0.235 e. The molecule has 0 fully saturated rings. The van der Waals surface area contributed by atoms with E-state index in [9.17, 15) is 0 Å². The van der Waals surface area contributed by atoms with Crippen molar-refractivity contribution >= 4 is 55.4 Å². The van der Waals surface area contributed by atoms with Crippen molar-refractivity contribution in [1.29, 1.82) is 0 Å². The summed E-state index contributed by atoms with van der Waals surface area (Å²) in [4.78, 5) is 12.1. The van der Waals surface area contributed by atoms with Gasteiger partial charge in [0.25, 0.3) is 0 Å². The van der Waals surface area contributed by atoms with Crippen LogP contribution in [-0.2, 0) is 5.41 Å². The second kappa shape index (κ2) is 10.7. The number of rotatable bonds is 5. The standard InChI is InChI=1S/C44H33N3S/c1-5-15-30-31-24-25-34-38-40(32-20-13-14-21-35(32)44(38,3)4)47(41(34)42(31)48-37(30)6-2)43-45-36-26-29(27-16-9-7-10-17-27)22-23-33(36)39(46-43)28-18-11-8-12-19-28/h5-26H,2H2,1,3-4H3/b15-5-. The summed E-state index contributed by atoms with van der Waals surface area (Å²) in [6, 6.07) is 41.1. The van der Waals surface area contributed by atoms with E-state index < -0.39 is 0 Å². The summed E-state index contributed by atoms with van der Waals surface area (Å²) < 4.78 is 3.59. The van der Waals surface area contributed by atoms with Gasteiger partial charge in [0.2, 0.25) is 5.95 Å². The highest BCUT2D eigenvalue weighted by Gasteiger charge is 2.41. The fourth-order valence-corrected chi connectivity index (χ4v) is 8.93. The van der Waals surface area contributed by atoms with Crippen molar-refractivity contribution in [2.75, 3.05) is 0 Å². The molecule has 0 saturated carbocycles. The molecule has 1 aliphatic carbocycles. The SMILES string of the molecule is C=Cc1sc2c(ccc3c4c(n(-c5nc(-c6ccccc6)c6ccc(-c7ccccc7)cc6n5)c32)-c2ccccc2C4(C)C)c1/C=C\C. The largest absolute Gasteiger partial charge is 0.276 e. The summed E-state index contributed by atoms with van der Waals surface area (Å²) >= 11 is 1.80. The lowest BCUT2D eigenvalue weighted by atomic mass is 9.81. The zero-order valence-electron chi connectivity index (χ0n) is 27.2. The van der Waals surface area contributed by atoms with Gasteiger partial charge in [0.1, 0.15) is 0 Å². The number of fused-ring (bicyclic) bond motifs is 8. The summed E-state index contributed by atoms with van der Waals surface area (Å²) in [7, 11) is 0. The van der Waals surface area contributed by atoms with Crippen LogP contribution in [0, 0.1) is 0 Å². The van der Waals surface area contributed by atoms with E-state index in [1.807, 2.05) is 6.08 Å². The van der Waals surface area contributed by atoms with Gasteiger partial charge in [0.15, 0.2) is 0 Å². The molecule has 0 unspecified atom stereocenters. The first kappa shape index (κ1) is 28.6. The predicted octanol–water partition coefficient (Wildman–Crippen LogP) is 12.1. The van der Waals surface area contributed by atoms with E-state index in [0.717, 1.165) is 38.8 Å². The van der Waals surface area contributed by atoms with Gasteiger partial charge in [-0.15, -0.1) is 11.3 Å². The minimum absolute atomic E-state index is 0.201. The van der Waals surface area contributed by atoms with E-state index >= 15 is 0 Å². The van der Waals surface area contributed by atoms with Gasteiger partial charge in [-0.25, -0.2) is 9.97 Å². The van der Waals surface area contributed by atoms with Crippen LogP contribution in [-0.4, -0.2) is 14.5 Å². The molecule has 3 heterocycles. The highest BCUT2D eigenvalue weighted by molar-refractivity contribution is 7.21. The average molecular weight is 636 g/mol. The lowest BCUT2D eigenvalue weighted by molar-refractivity contribution is 0.666. The molecule has 0 saturated heterocycles. The quantitative estimate of drug-likeness (QED) is 0.188. The lowest BCUT2D eigenvalue weighted by Crippen LogP contribution is -2.14. The highest BCUT2D eigenvalue weighted by atomic mass is 32.1. The van der Waals surface area contributed by atoms with Crippen molar-refractivity contribution in [3.05, 3.63) is 149 Å². The summed E-state index contributed by atoms with van der Waals surface area (Å²) in [6.07, 6.45) is 6.30.